The van der Waals surface area contributed by atoms with E-state index in [1.54, 1.807) is 11.8 Å². The lowest BCUT2D eigenvalue weighted by Crippen LogP contribution is -2.45. The summed E-state index contributed by atoms with van der Waals surface area (Å²) in [5, 5.41) is 12.6. The van der Waals surface area contributed by atoms with E-state index in [0.717, 1.165) is 25.9 Å². The standard InChI is InChI=1S/C14H17ClN2O3/c1-9(14(20)17-6-2-3-7-17)16-13(19)11-8-10(15)4-5-12(11)18/h4-5,8-9,18H,2-3,6-7H2,1H3,(H,16,19). The predicted octanol–water partition coefficient (Wildman–Crippen LogP) is 1.79. The lowest BCUT2D eigenvalue weighted by molar-refractivity contribution is -0.131. The van der Waals surface area contributed by atoms with Gasteiger partial charge < -0.3 is 15.3 Å². The molecule has 0 saturated carbocycles. The Hall–Kier alpha value is -1.75. The van der Waals surface area contributed by atoms with Crippen LogP contribution in [0, 0.1) is 0 Å². The van der Waals surface area contributed by atoms with Gasteiger partial charge in [0.1, 0.15) is 11.8 Å². The van der Waals surface area contributed by atoms with Gasteiger partial charge in [0.05, 0.1) is 5.56 Å². The van der Waals surface area contributed by atoms with Crippen LogP contribution in [0.15, 0.2) is 18.2 Å². The van der Waals surface area contributed by atoms with Gasteiger partial charge in [-0.05, 0) is 38.0 Å². The molecule has 2 amide bonds. The van der Waals surface area contributed by atoms with Crippen molar-refractivity contribution in [1.82, 2.24) is 10.2 Å². The van der Waals surface area contributed by atoms with E-state index in [9.17, 15) is 14.7 Å². The summed E-state index contributed by atoms with van der Waals surface area (Å²) < 4.78 is 0. The Morgan fingerprint density at radius 3 is 2.65 bits per heavy atom. The summed E-state index contributed by atoms with van der Waals surface area (Å²) in [6.07, 6.45) is 2.00. The van der Waals surface area contributed by atoms with Crippen LogP contribution in [0.2, 0.25) is 5.02 Å². The fraction of sp³-hybridized carbons (Fsp3) is 0.429. The lowest BCUT2D eigenvalue weighted by Gasteiger charge is -2.21. The molecular weight excluding hydrogens is 280 g/mol. The smallest absolute Gasteiger partial charge is 0.255 e. The number of phenolic OH excluding ortho intramolecular Hbond substituents is 1. The highest BCUT2D eigenvalue weighted by molar-refractivity contribution is 6.31. The summed E-state index contributed by atoms with van der Waals surface area (Å²) in [4.78, 5) is 25.9. The summed E-state index contributed by atoms with van der Waals surface area (Å²) in [6, 6.07) is 3.59. The van der Waals surface area contributed by atoms with Crippen LogP contribution >= 0.6 is 11.6 Å². The Morgan fingerprint density at radius 1 is 1.35 bits per heavy atom. The van der Waals surface area contributed by atoms with Crippen LogP contribution in [0.3, 0.4) is 0 Å². The Labute approximate surface area is 122 Å². The Balaban J connectivity index is 2.03. The van der Waals surface area contributed by atoms with Crippen LogP contribution in [-0.2, 0) is 4.79 Å². The highest BCUT2D eigenvalue weighted by Gasteiger charge is 2.25. The quantitative estimate of drug-likeness (QED) is 0.893. The van der Waals surface area contributed by atoms with Gasteiger partial charge in [-0.2, -0.15) is 0 Å². The molecule has 6 heteroatoms. The second kappa shape index (κ2) is 6.13. The number of hydrogen-bond donors (Lipinski definition) is 2. The lowest BCUT2D eigenvalue weighted by atomic mass is 10.1. The summed E-state index contributed by atoms with van der Waals surface area (Å²) >= 11 is 5.80. The molecule has 20 heavy (non-hydrogen) atoms. The number of halogens is 1. The van der Waals surface area contributed by atoms with Gasteiger partial charge in [-0.3, -0.25) is 9.59 Å². The molecule has 1 aromatic rings. The fourth-order valence-corrected chi connectivity index (χ4v) is 2.41. The Bertz CT molecular complexity index is 527. The maximum absolute atomic E-state index is 12.1. The van der Waals surface area contributed by atoms with Crippen LogP contribution in [0.5, 0.6) is 5.75 Å². The number of rotatable bonds is 3. The molecule has 2 rings (SSSR count). The second-order valence-electron chi connectivity index (χ2n) is 4.89. The van der Waals surface area contributed by atoms with E-state index < -0.39 is 11.9 Å². The highest BCUT2D eigenvalue weighted by Crippen LogP contribution is 2.21. The van der Waals surface area contributed by atoms with E-state index in [1.165, 1.54) is 18.2 Å². The third-order valence-electron chi connectivity index (χ3n) is 3.34. The zero-order valence-electron chi connectivity index (χ0n) is 11.2. The van der Waals surface area contributed by atoms with Gasteiger partial charge in [0.25, 0.3) is 5.91 Å². The molecule has 108 valence electrons. The Morgan fingerprint density at radius 2 is 2.00 bits per heavy atom. The predicted molar refractivity (Wildman–Crippen MR) is 75.9 cm³/mol. The third-order valence-corrected chi connectivity index (χ3v) is 3.57. The summed E-state index contributed by atoms with van der Waals surface area (Å²) in [7, 11) is 0. The fourth-order valence-electron chi connectivity index (χ4n) is 2.24. The summed E-state index contributed by atoms with van der Waals surface area (Å²) in [6.45, 7) is 3.11. The molecule has 0 bridgehead atoms. The van der Waals surface area contributed by atoms with E-state index in [2.05, 4.69) is 5.32 Å². The molecule has 1 unspecified atom stereocenters. The van der Waals surface area contributed by atoms with Crippen LogP contribution < -0.4 is 5.32 Å². The second-order valence-corrected chi connectivity index (χ2v) is 5.33. The molecule has 0 radical (unpaired) electrons. The van der Waals surface area contributed by atoms with Crippen molar-refractivity contribution >= 4 is 23.4 Å². The van der Waals surface area contributed by atoms with E-state index in [0.29, 0.717) is 5.02 Å². The molecule has 2 N–H and O–H groups in total. The number of likely N-dealkylation sites (tertiary alicyclic amines) is 1. The molecular formula is C14H17ClN2O3. The number of nitrogens with one attached hydrogen (secondary N) is 1. The van der Waals surface area contributed by atoms with Crippen LogP contribution in [0.1, 0.15) is 30.1 Å². The minimum atomic E-state index is -0.626. The molecule has 1 aliphatic rings. The topological polar surface area (TPSA) is 69.6 Å². The van der Waals surface area contributed by atoms with E-state index >= 15 is 0 Å². The van der Waals surface area contributed by atoms with E-state index in [4.69, 9.17) is 11.6 Å². The molecule has 1 aromatic carbocycles. The minimum Gasteiger partial charge on any atom is -0.507 e. The number of hydrogen-bond acceptors (Lipinski definition) is 3. The first-order valence-electron chi connectivity index (χ1n) is 6.57. The van der Waals surface area contributed by atoms with Gasteiger partial charge in [0, 0.05) is 18.1 Å². The van der Waals surface area contributed by atoms with Crippen molar-refractivity contribution in [3.05, 3.63) is 28.8 Å². The molecule has 1 aliphatic heterocycles. The van der Waals surface area contributed by atoms with Gasteiger partial charge in [0.2, 0.25) is 5.91 Å². The number of amides is 2. The zero-order valence-corrected chi connectivity index (χ0v) is 12.0. The van der Waals surface area contributed by atoms with Crippen molar-refractivity contribution in [3.8, 4) is 5.75 Å². The first-order chi connectivity index (χ1) is 9.49. The molecule has 1 atom stereocenters. The molecule has 1 fully saturated rings. The summed E-state index contributed by atoms with van der Waals surface area (Å²) in [5.41, 5.74) is 0.0681. The van der Waals surface area contributed by atoms with Gasteiger partial charge in [-0.25, -0.2) is 0 Å². The van der Waals surface area contributed by atoms with Crippen molar-refractivity contribution < 1.29 is 14.7 Å². The average Bonchev–Trinajstić information content (AvgIpc) is 2.94. The van der Waals surface area contributed by atoms with E-state index in [1.807, 2.05) is 0 Å². The number of nitrogens with zero attached hydrogens (tertiary/aromatic N) is 1. The summed E-state index contributed by atoms with van der Waals surface area (Å²) in [5.74, 6) is -0.768. The molecule has 0 aromatic heterocycles. The van der Waals surface area contributed by atoms with Gasteiger partial charge >= 0.3 is 0 Å². The molecule has 0 aliphatic carbocycles. The SMILES string of the molecule is CC(NC(=O)c1cc(Cl)ccc1O)C(=O)N1CCCC1. The van der Waals surface area contributed by atoms with Gasteiger partial charge in [0.15, 0.2) is 0 Å². The van der Waals surface area contributed by atoms with Crippen molar-refractivity contribution in [3.63, 3.8) is 0 Å². The molecule has 0 spiro atoms. The van der Waals surface area contributed by atoms with Crippen LogP contribution in [0.4, 0.5) is 0 Å². The maximum atomic E-state index is 12.1. The van der Waals surface area contributed by atoms with Crippen molar-refractivity contribution in [2.75, 3.05) is 13.1 Å². The maximum Gasteiger partial charge on any atom is 0.255 e. The highest BCUT2D eigenvalue weighted by atomic mass is 35.5. The van der Waals surface area contributed by atoms with E-state index in [-0.39, 0.29) is 17.2 Å². The number of carbonyl (C=O) groups is 2. The first kappa shape index (κ1) is 14.7. The number of carbonyl (C=O) groups excluding carboxylic acids is 2. The van der Waals surface area contributed by atoms with Gasteiger partial charge in [-0.15, -0.1) is 0 Å². The van der Waals surface area contributed by atoms with Crippen LogP contribution in [-0.4, -0.2) is 41.0 Å². The van der Waals surface area contributed by atoms with Crippen LogP contribution in [0.25, 0.3) is 0 Å². The molecule has 1 heterocycles. The third kappa shape index (κ3) is 3.22. The Kier molecular flexibility index (Phi) is 4.49. The zero-order chi connectivity index (χ0) is 14.7. The normalized spacial score (nSPS) is 16.0. The molecule has 5 nitrogen and oxygen atoms in total. The number of benzene rings is 1. The van der Waals surface area contributed by atoms with Gasteiger partial charge in [-0.1, -0.05) is 11.6 Å². The average molecular weight is 297 g/mol. The van der Waals surface area contributed by atoms with Crippen molar-refractivity contribution in [1.29, 1.82) is 0 Å². The number of aromatic hydroxyl groups is 1. The minimum absolute atomic E-state index is 0.0681. The number of phenols is 1. The molecule has 1 saturated heterocycles. The van der Waals surface area contributed by atoms with Crippen molar-refractivity contribution in [2.45, 2.75) is 25.8 Å². The monoisotopic (exact) mass is 296 g/mol. The first-order valence-corrected chi connectivity index (χ1v) is 6.95. The largest absolute Gasteiger partial charge is 0.507 e. The van der Waals surface area contributed by atoms with Crippen molar-refractivity contribution in [2.24, 2.45) is 0 Å².